The summed E-state index contributed by atoms with van der Waals surface area (Å²) in [5.74, 6) is -2.87. The Kier molecular flexibility index (Phi) is 6.12. The highest BCUT2D eigenvalue weighted by Gasteiger charge is 2.29. The predicted molar refractivity (Wildman–Crippen MR) is 143 cm³/mol. The number of carbonyl (C=O) groups excluding carboxylic acids is 2. The lowest BCUT2D eigenvalue weighted by molar-refractivity contribution is 0.0964. The van der Waals surface area contributed by atoms with E-state index in [9.17, 15) is 18.4 Å². The maximum absolute atomic E-state index is 14.9. The molecule has 0 unspecified atom stereocenters. The molecule has 39 heavy (non-hydrogen) atoms. The minimum atomic E-state index is -1.20. The smallest absolute Gasteiger partial charge is 0.266 e. The molecule has 0 bridgehead atoms. The van der Waals surface area contributed by atoms with Crippen LogP contribution >= 0.6 is 23.2 Å². The molecule has 2 aromatic carbocycles. The van der Waals surface area contributed by atoms with Crippen LogP contribution in [0.15, 0.2) is 61.2 Å². The maximum Gasteiger partial charge on any atom is 0.266 e. The fourth-order valence-electron chi connectivity index (χ4n) is 4.37. The highest BCUT2D eigenvalue weighted by Crippen LogP contribution is 2.38. The van der Waals surface area contributed by atoms with E-state index in [1.165, 1.54) is 24.5 Å². The average molecular weight is 564 g/mol. The van der Waals surface area contributed by atoms with E-state index in [1.54, 1.807) is 24.5 Å². The molecule has 11 heteroatoms. The molecule has 5 aromatic rings. The molecule has 2 N–H and O–H groups in total. The van der Waals surface area contributed by atoms with E-state index in [4.69, 9.17) is 28.9 Å². The first-order chi connectivity index (χ1) is 18.7. The first kappa shape index (κ1) is 25.1. The Labute approximate surface area is 230 Å². The van der Waals surface area contributed by atoms with Crippen LogP contribution in [0.5, 0.6) is 0 Å². The van der Waals surface area contributed by atoms with E-state index in [1.807, 2.05) is 0 Å². The van der Waals surface area contributed by atoms with E-state index in [2.05, 4.69) is 15.0 Å². The number of halogens is 4. The van der Waals surface area contributed by atoms with Crippen LogP contribution < -0.4 is 5.73 Å². The second kappa shape index (κ2) is 9.52. The minimum Gasteiger partial charge on any atom is -0.396 e. The summed E-state index contributed by atoms with van der Waals surface area (Å²) >= 11 is 12.5. The van der Waals surface area contributed by atoms with Gasteiger partial charge in [0.15, 0.2) is 5.82 Å². The van der Waals surface area contributed by atoms with Gasteiger partial charge in [0.25, 0.3) is 5.91 Å². The van der Waals surface area contributed by atoms with Crippen LogP contribution in [-0.2, 0) is 0 Å². The number of rotatable bonds is 5. The second-order valence-corrected chi connectivity index (χ2v) is 9.98. The Morgan fingerprint density at radius 1 is 0.923 bits per heavy atom. The first-order valence-corrected chi connectivity index (χ1v) is 12.6. The van der Waals surface area contributed by atoms with Gasteiger partial charge in [-0.05, 0) is 43.2 Å². The summed E-state index contributed by atoms with van der Waals surface area (Å²) < 4.78 is 30.6. The molecule has 1 saturated carbocycles. The normalized spacial score (nSPS) is 13.1. The molecule has 0 spiro atoms. The summed E-state index contributed by atoms with van der Waals surface area (Å²) in [4.78, 5) is 40.4. The van der Waals surface area contributed by atoms with Crippen LogP contribution in [-0.4, -0.2) is 31.2 Å². The van der Waals surface area contributed by atoms with Crippen LogP contribution in [0, 0.1) is 11.6 Å². The molecule has 194 valence electrons. The van der Waals surface area contributed by atoms with Gasteiger partial charge in [-0.2, -0.15) is 0 Å². The van der Waals surface area contributed by atoms with E-state index in [-0.39, 0.29) is 32.2 Å². The molecule has 3 heterocycles. The fraction of sp³-hybridized carbons (Fsp3) is 0.107. The van der Waals surface area contributed by atoms with Crippen LogP contribution in [0.2, 0.25) is 10.0 Å². The number of aromatic nitrogens is 4. The van der Waals surface area contributed by atoms with Crippen LogP contribution in [0.1, 0.15) is 50.9 Å². The lowest BCUT2D eigenvalue weighted by Crippen LogP contribution is -2.13. The van der Waals surface area contributed by atoms with Crippen molar-refractivity contribution < 1.29 is 18.4 Å². The highest BCUT2D eigenvalue weighted by molar-refractivity contribution is 6.40. The van der Waals surface area contributed by atoms with E-state index in [0.29, 0.717) is 17.0 Å². The Balaban J connectivity index is 1.55. The van der Waals surface area contributed by atoms with Gasteiger partial charge in [-0.15, -0.1) is 0 Å². The standard InChI is InChI=1S/C28H17Cl2F2N5O2/c29-18-2-1-3-19(30)22(18)28(39)37-12-17(25(38)23-20(31)6-7-21(33)24(23)32)16-8-14(9-36-27(16)37)15-10-34-26(35-11-15)13-4-5-13/h1-3,6-13H,4-5,33H2. The van der Waals surface area contributed by atoms with E-state index < -0.39 is 34.6 Å². The first-order valence-electron chi connectivity index (χ1n) is 11.8. The number of ketones is 1. The fourth-order valence-corrected chi connectivity index (χ4v) is 4.93. The molecule has 1 aliphatic carbocycles. The number of hydrogen-bond donors (Lipinski definition) is 1. The number of hydrogen-bond acceptors (Lipinski definition) is 6. The molecule has 1 fully saturated rings. The van der Waals surface area contributed by atoms with Crippen molar-refractivity contribution in [3.05, 3.63) is 105 Å². The number of anilines is 1. The van der Waals surface area contributed by atoms with Crippen molar-refractivity contribution in [3.8, 4) is 11.1 Å². The Morgan fingerprint density at radius 3 is 2.26 bits per heavy atom. The summed E-state index contributed by atoms with van der Waals surface area (Å²) in [5.41, 5.74) is 5.38. The highest BCUT2D eigenvalue weighted by atomic mass is 35.5. The maximum atomic E-state index is 14.9. The third-order valence-corrected chi connectivity index (χ3v) is 7.21. The third kappa shape index (κ3) is 4.33. The zero-order valence-electron chi connectivity index (χ0n) is 20.0. The van der Waals surface area contributed by atoms with Gasteiger partial charge in [0.05, 0.1) is 32.4 Å². The molecular formula is C28H17Cl2F2N5O2. The van der Waals surface area contributed by atoms with Gasteiger partial charge in [0.1, 0.15) is 17.3 Å². The number of carbonyl (C=O) groups is 2. The van der Waals surface area contributed by atoms with E-state index in [0.717, 1.165) is 35.4 Å². The second-order valence-electron chi connectivity index (χ2n) is 9.17. The Hall–Kier alpha value is -4.21. The number of nitrogens with zero attached hydrogens (tertiary/aromatic N) is 4. The summed E-state index contributed by atoms with van der Waals surface area (Å²) in [6, 6.07) is 8.09. The van der Waals surface area contributed by atoms with Crippen LogP contribution in [0.3, 0.4) is 0 Å². The molecule has 0 aliphatic heterocycles. The Morgan fingerprint density at radius 2 is 1.59 bits per heavy atom. The molecule has 6 rings (SSSR count). The largest absolute Gasteiger partial charge is 0.396 e. The van der Waals surface area contributed by atoms with Gasteiger partial charge >= 0.3 is 0 Å². The summed E-state index contributed by atoms with van der Waals surface area (Å²) in [6.45, 7) is 0. The SMILES string of the molecule is Nc1ccc(F)c(C(=O)c2cn(C(=O)c3c(Cl)cccc3Cl)c3ncc(-c4cnc(C5CC5)nc4)cc23)c1F. The van der Waals surface area contributed by atoms with Crippen LogP contribution in [0.25, 0.3) is 22.2 Å². The molecule has 0 amide bonds. The lowest BCUT2D eigenvalue weighted by Gasteiger charge is -2.08. The van der Waals surface area contributed by atoms with Crippen molar-refractivity contribution in [2.45, 2.75) is 18.8 Å². The predicted octanol–water partition coefficient (Wildman–Crippen LogP) is 6.46. The van der Waals surface area contributed by atoms with Gasteiger partial charge in [0.2, 0.25) is 5.78 Å². The molecule has 1 aliphatic rings. The van der Waals surface area contributed by atoms with Crippen molar-refractivity contribution in [2.24, 2.45) is 0 Å². The van der Waals surface area contributed by atoms with Crippen LogP contribution in [0.4, 0.5) is 14.5 Å². The number of benzene rings is 2. The van der Waals surface area contributed by atoms with Gasteiger partial charge < -0.3 is 5.73 Å². The van der Waals surface area contributed by atoms with Gasteiger partial charge in [-0.25, -0.2) is 23.7 Å². The van der Waals surface area contributed by atoms with Crippen molar-refractivity contribution >= 4 is 51.6 Å². The van der Waals surface area contributed by atoms with Crippen molar-refractivity contribution in [1.29, 1.82) is 0 Å². The minimum absolute atomic E-state index is 0.0204. The third-order valence-electron chi connectivity index (χ3n) is 6.58. The van der Waals surface area contributed by atoms with Gasteiger partial charge in [-0.1, -0.05) is 29.3 Å². The lowest BCUT2D eigenvalue weighted by atomic mass is 10.0. The average Bonchev–Trinajstić information content (AvgIpc) is 3.71. The monoisotopic (exact) mass is 563 g/mol. The Bertz CT molecular complexity index is 1800. The number of fused-ring (bicyclic) bond motifs is 1. The molecule has 7 nitrogen and oxygen atoms in total. The van der Waals surface area contributed by atoms with Crippen molar-refractivity contribution in [1.82, 2.24) is 19.5 Å². The number of nitrogen functional groups attached to an aromatic ring is 1. The van der Waals surface area contributed by atoms with Gasteiger partial charge in [0, 0.05) is 47.2 Å². The summed E-state index contributed by atoms with van der Waals surface area (Å²) in [5, 5.41) is 0.334. The molecule has 0 atom stereocenters. The molecule has 3 aromatic heterocycles. The van der Waals surface area contributed by atoms with Crippen molar-refractivity contribution in [3.63, 3.8) is 0 Å². The summed E-state index contributed by atoms with van der Waals surface area (Å²) in [6.07, 6.45) is 8.05. The van der Waals surface area contributed by atoms with Gasteiger partial charge in [-0.3, -0.25) is 14.2 Å². The molecule has 0 radical (unpaired) electrons. The zero-order chi connectivity index (χ0) is 27.4. The molecule has 0 saturated heterocycles. The zero-order valence-corrected chi connectivity index (χ0v) is 21.5. The topological polar surface area (TPSA) is 104 Å². The van der Waals surface area contributed by atoms with Crippen molar-refractivity contribution in [2.75, 3.05) is 5.73 Å². The number of nitrogens with two attached hydrogens (primary N) is 1. The quantitative estimate of drug-likeness (QED) is 0.194. The summed E-state index contributed by atoms with van der Waals surface area (Å²) in [7, 11) is 0. The van der Waals surface area contributed by atoms with E-state index >= 15 is 0 Å². The number of pyridine rings is 1. The molecular weight excluding hydrogens is 547 g/mol.